The first-order chi connectivity index (χ1) is 16.5. The van der Waals surface area contributed by atoms with E-state index >= 15 is 0 Å². The number of amides is 2. The van der Waals surface area contributed by atoms with Crippen molar-refractivity contribution in [1.82, 2.24) is 5.32 Å². The van der Waals surface area contributed by atoms with Crippen molar-refractivity contribution in [1.29, 1.82) is 0 Å². The molecule has 0 aliphatic carbocycles. The van der Waals surface area contributed by atoms with Crippen LogP contribution in [0, 0.1) is 0 Å². The summed E-state index contributed by atoms with van der Waals surface area (Å²) in [6, 6.07) is 0. The van der Waals surface area contributed by atoms with E-state index < -0.39 is 0 Å². The van der Waals surface area contributed by atoms with Crippen LogP contribution in [0.5, 0.6) is 0 Å². The predicted molar refractivity (Wildman–Crippen MR) is 150 cm³/mol. The zero-order chi connectivity index (χ0) is 25.5. The zero-order valence-corrected chi connectivity index (χ0v) is 23.6. The second-order valence-corrected chi connectivity index (χ2v) is 10.2. The standard InChI is InChI=1S/C28H57NO.C2H5NO/c1-3-4-5-6-7-8-9-10-11-12-13-14-15-16-17-18-19-20-21-22-23-24-25-26-27-29-28(2)30;1-2(3)4/h3-27H2,1-2H3,(H,29,30);1H3,(H2,3,4). The third kappa shape index (κ3) is 41.2. The van der Waals surface area contributed by atoms with Gasteiger partial charge in [-0.05, 0) is 6.42 Å². The smallest absolute Gasteiger partial charge is 0.216 e. The van der Waals surface area contributed by atoms with Gasteiger partial charge in [-0.3, -0.25) is 9.59 Å². The van der Waals surface area contributed by atoms with Gasteiger partial charge in [0.15, 0.2) is 0 Å². The van der Waals surface area contributed by atoms with E-state index in [1.165, 1.54) is 155 Å². The van der Waals surface area contributed by atoms with Gasteiger partial charge in [-0.1, -0.05) is 155 Å². The number of unbranched alkanes of at least 4 members (excludes halogenated alkanes) is 23. The largest absolute Gasteiger partial charge is 0.370 e. The summed E-state index contributed by atoms with van der Waals surface area (Å²) >= 11 is 0. The Labute approximate surface area is 214 Å². The second-order valence-electron chi connectivity index (χ2n) is 10.2. The maximum absolute atomic E-state index is 10.8. The lowest BCUT2D eigenvalue weighted by Gasteiger charge is -2.04. The molecule has 0 aromatic carbocycles. The van der Waals surface area contributed by atoms with Gasteiger partial charge in [-0.2, -0.15) is 0 Å². The summed E-state index contributed by atoms with van der Waals surface area (Å²) in [4.78, 5) is 20.0. The molecule has 4 nitrogen and oxygen atoms in total. The van der Waals surface area contributed by atoms with E-state index in [0.29, 0.717) is 0 Å². The Bertz CT molecular complexity index is 409. The molecule has 0 aromatic rings. The molecule has 0 spiro atoms. The number of hydrogen-bond donors (Lipinski definition) is 2. The number of hydrogen-bond acceptors (Lipinski definition) is 2. The van der Waals surface area contributed by atoms with Crippen molar-refractivity contribution in [3.05, 3.63) is 0 Å². The van der Waals surface area contributed by atoms with Gasteiger partial charge < -0.3 is 11.1 Å². The lowest BCUT2D eigenvalue weighted by molar-refractivity contribution is -0.119. The van der Waals surface area contributed by atoms with Crippen molar-refractivity contribution in [2.75, 3.05) is 6.54 Å². The number of nitrogens with one attached hydrogen (secondary N) is 1. The molecule has 34 heavy (non-hydrogen) atoms. The summed E-state index contributed by atoms with van der Waals surface area (Å²) in [5.41, 5.74) is 4.47. The van der Waals surface area contributed by atoms with E-state index in [1.807, 2.05) is 0 Å². The molecule has 0 heterocycles. The van der Waals surface area contributed by atoms with E-state index in [1.54, 1.807) is 6.92 Å². The molecular formula is C30H62N2O2. The van der Waals surface area contributed by atoms with Gasteiger partial charge in [-0.25, -0.2) is 0 Å². The maximum atomic E-state index is 10.8. The van der Waals surface area contributed by atoms with Gasteiger partial charge in [0, 0.05) is 20.4 Å². The maximum Gasteiger partial charge on any atom is 0.216 e. The lowest BCUT2D eigenvalue weighted by atomic mass is 10.0. The highest BCUT2D eigenvalue weighted by Gasteiger charge is 1.96. The minimum atomic E-state index is -0.333. The number of nitrogens with two attached hydrogens (primary N) is 1. The fourth-order valence-electron chi connectivity index (χ4n) is 4.35. The van der Waals surface area contributed by atoms with Crippen LogP contribution in [-0.2, 0) is 9.59 Å². The monoisotopic (exact) mass is 482 g/mol. The van der Waals surface area contributed by atoms with Gasteiger partial charge >= 0.3 is 0 Å². The minimum absolute atomic E-state index is 0.101. The predicted octanol–water partition coefficient (Wildman–Crippen LogP) is 9.00. The van der Waals surface area contributed by atoms with Crippen molar-refractivity contribution in [3.63, 3.8) is 0 Å². The van der Waals surface area contributed by atoms with Gasteiger partial charge in [0.2, 0.25) is 11.8 Å². The van der Waals surface area contributed by atoms with Crippen molar-refractivity contribution >= 4 is 11.8 Å². The van der Waals surface area contributed by atoms with Crippen LogP contribution in [0.2, 0.25) is 0 Å². The van der Waals surface area contributed by atoms with Crippen LogP contribution >= 0.6 is 0 Å². The molecule has 0 radical (unpaired) electrons. The molecule has 0 rings (SSSR count). The minimum Gasteiger partial charge on any atom is -0.370 e. The van der Waals surface area contributed by atoms with E-state index in [2.05, 4.69) is 18.0 Å². The Kier molecular flexibility index (Phi) is 33.0. The van der Waals surface area contributed by atoms with Crippen molar-refractivity contribution in [2.45, 2.75) is 175 Å². The SMILES string of the molecule is CC(N)=O.CCCCCCCCCCCCCCCCCCCCCCCCCCNC(C)=O. The van der Waals surface area contributed by atoms with E-state index in [-0.39, 0.29) is 11.8 Å². The Balaban J connectivity index is 0. The third-order valence-electron chi connectivity index (χ3n) is 6.40. The summed E-state index contributed by atoms with van der Waals surface area (Å²) < 4.78 is 0. The lowest BCUT2D eigenvalue weighted by Crippen LogP contribution is -2.20. The Morgan fingerprint density at radius 2 is 0.676 bits per heavy atom. The van der Waals surface area contributed by atoms with Gasteiger partial charge in [0.05, 0.1) is 0 Å². The quantitative estimate of drug-likeness (QED) is 0.127. The average molecular weight is 483 g/mol. The molecule has 204 valence electrons. The van der Waals surface area contributed by atoms with Crippen LogP contribution in [-0.4, -0.2) is 18.4 Å². The number of carbonyl (C=O) groups excluding carboxylic acids is 2. The fourth-order valence-corrected chi connectivity index (χ4v) is 4.35. The second kappa shape index (κ2) is 31.9. The Morgan fingerprint density at radius 3 is 0.882 bits per heavy atom. The Morgan fingerprint density at radius 1 is 0.471 bits per heavy atom. The van der Waals surface area contributed by atoms with Crippen LogP contribution in [0.15, 0.2) is 0 Å². The number of rotatable bonds is 25. The molecule has 0 atom stereocenters. The summed E-state index contributed by atoms with van der Waals surface area (Å²) in [6.07, 6.45) is 34.2. The highest BCUT2D eigenvalue weighted by Crippen LogP contribution is 2.15. The van der Waals surface area contributed by atoms with Crippen LogP contribution in [0.3, 0.4) is 0 Å². The average Bonchev–Trinajstić information content (AvgIpc) is 2.78. The van der Waals surface area contributed by atoms with Crippen molar-refractivity contribution < 1.29 is 9.59 Å². The van der Waals surface area contributed by atoms with E-state index in [9.17, 15) is 9.59 Å². The molecule has 4 heteroatoms. The first kappa shape index (κ1) is 35.1. The summed E-state index contributed by atoms with van der Waals surface area (Å²) in [5.74, 6) is -0.232. The first-order valence-corrected chi connectivity index (χ1v) is 15.0. The van der Waals surface area contributed by atoms with E-state index in [0.717, 1.165) is 13.0 Å². The van der Waals surface area contributed by atoms with Gasteiger partial charge in [0.1, 0.15) is 0 Å². The van der Waals surface area contributed by atoms with Gasteiger partial charge in [0.25, 0.3) is 0 Å². The van der Waals surface area contributed by atoms with Crippen LogP contribution in [0.1, 0.15) is 175 Å². The molecule has 0 fully saturated rings. The summed E-state index contributed by atoms with van der Waals surface area (Å²) in [6.45, 7) is 6.06. The number of primary amides is 1. The third-order valence-corrected chi connectivity index (χ3v) is 6.40. The van der Waals surface area contributed by atoms with Crippen molar-refractivity contribution in [3.8, 4) is 0 Å². The molecule has 0 saturated carbocycles. The number of carbonyl (C=O) groups is 2. The topological polar surface area (TPSA) is 72.2 Å². The van der Waals surface area contributed by atoms with E-state index in [4.69, 9.17) is 0 Å². The summed E-state index contributed by atoms with van der Waals surface area (Å²) in [5, 5.41) is 2.87. The van der Waals surface area contributed by atoms with Crippen LogP contribution in [0.4, 0.5) is 0 Å². The van der Waals surface area contributed by atoms with Crippen molar-refractivity contribution in [2.24, 2.45) is 5.73 Å². The first-order valence-electron chi connectivity index (χ1n) is 15.0. The van der Waals surface area contributed by atoms with Gasteiger partial charge in [-0.15, -0.1) is 0 Å². The van der Waals surface area contributed by atoms with Crippen LogP contribution in [0.25, 0.3) is 0 Å². The molecular weight excluding hydrogens is 420 g/mol. The molecule has 3 N–H and O–H groups in total. The molecule has 0 bridgehead atoms. The molecule has 2 amide bonds. The zero-order valence-electron chi connectivity index (χ0n) is 23.6. The normalized spacial score (nSPS) is 10.6. The molecule has 0 unspecified atom stereocenters. The Hall–Kier alpha value is -1.06. The summed E-state index contributed by atoms with van der Waals surface area (Å²) in [7, 11) is 0. The molecule has 0 saturated heterocycles. The highest BCUT2D eigenvalue weighted by molar-refractivity contribution is 5.72. The molecule has 0 aliphatic heterocycles. The fraction of sp³-hybridized carbons (Fsp3) is 0.933. The van der Waals surface area contributed by atoms with Crippen LogP contribution < -0.4 is 11.1 Å². The highest BCUT2D eigenvalue weighted by atomic mass is 16.1. The molecule has 0 aliphatic rings. The molecule has 0 aromatic heterocycles.